The molecule has 11 N–H and O–H groups in total. The van der Waals surface area contributed by atoms with Crippen LogP contribution in [0.4, 0.5) is 34.6 Å². The zero-order chi connectivity index (χ0) is 35.2. The van der Waals surface area contributed by atoms with Gasteiger partial charge in [0.1, 0.15) is 23.3 Å². The van der Waals surface area contributed by atoms with Crippen molar-refractivity contribution in [1.29, 1.82) is 21.3 Å². The first-order valence-electron chi connectivity index (χ1n) is 13.9. The van der Waals surface area contributed by atoms with Crippen LogP contribution in [-0.2, 0) is 16.1 Å². The van der Waals surface area contributed by atoms with Gasteiger partial charge in [-0.1, -0.05) is 12.2 Å². The summed E-state index contributed by atoms with van der Waals surface area (Å²) < 4.78 is 2.61. The van der Waals surface area contributed by atoms with Gasteiger partial charge >= 0.3 is 0 Å². The van der Waals surface area contributed by atoms with Gasteiger partial charge in [0.15, 0.2) is 34.6 Å². The number of azo groups is 2. The fourth-order valence-electron chi connectivity index (χ4n) is 4.25. The van der Waals surface area contributed by atoms with Crippen molar-refractivity contribution in [2.75, 3.05) is 10.6 Å². The Labute approximate surface area is 271 Å². The van der Waals surface area contributed by atoms with E-state index < -0.39 is 34.9 Å². The number of hydrogen-bond acceptors (Lipinski definition) is 14. The highest BCUT2D eigenvalue weighted by Gasteiger charge is 2.22. The number of aromatic nitrogens is 8. The molecule has 0 saturated carbocycles. The molecule has 1 atom stereocenters. The molecule has 4 aromatic rings. The fourth-order valence-corrected chi connectivity index (χ4v) is 4.25. The quantitative estimate of drug-likeness (QED) is 0.0463. The van der Waals surface area contributed by atoms with Crippen LogP contribution in [0.5, 0.6) is 0 Å². The van der Waals surface area contributed by atoms with E-state index in [0.717, 1.165) is 32.9 Å². The highest BCUT2D eigenvalue weighted by atomic mass is 16.2. The molecule has 2 amide bonds. The third-order valence-corrected chi connectivity index (χ3v) is 6.74. The molecule has 0 bridgehead atoms. The number of allylic oxidation sites excluding steroid dienone is 2. The van der Waals surface area contributed by atoms with Crippen LogP contribution in [0.15, 0.2) is 54.6 Å². The molecule has 4 heterocycles. The summed E-state index contributed by atoms with van der Waals surface area (Å²) in [5.74, 6) is -3.05. The van der Waals surface area contributed by atoms with Crippen molar-refractivity contribution >= 4 is 58.4 Å². The van der Waals surface area contributed by atoms with Crippen LogP contribution in [0.2, 0.25) is 0 Å². The second kappa shape index (κ2) is 13.7. The normalized spacial score (nSPS) is 13.6. The predicted molar refractivity (Wildman–Crippen MR) is 167 cm³/mol. The molecule has 5 rings (SSSR count). The Morgan fingerprint density at radius 3 is 2.02 bits per heavy atom. The van der Waals surface area contributed by atoms with Gasteiger partial charge < -0.3 is 22.1 Å². The number of aromatic amines is 3. The van der Waals surface area contributed by atoms with E-state index in [9.17, 15) is 29.7 Å². The Morgan fingerprint density at radius 2 is 1.49 bits per heavy atom. The number of nitrogen functional groups attached to an aromatic ring is 2. The van der Waals surface area contributed by atoms with Crippen molar-refractivity contribution < 1.29 is 9.59 Å². The average molecular weight is 669 g/mol. The molecular weight excluding hydrogens is 644 g/mol. The fraction of sp³-hybridized carbons (Fsp3) is 0.200. The Balaban J connectivity index is 1.36. The number of nitrogens with one attached hydrogen (secondary N) is 7. The molecule has 1 unspecified atom stereocenters. The number of nitrogens with zero attached hydrogens (tertiary/aromatic N) is 11. The maximum Gasteiger partial charge on any atom is 0.296 e. The molecule has 0 aromatic carbocycles. The van der Waals surface area contributed by atoms with Crippen LogP contribution >= 0.6 is 0 Å². The van der Waals surface area contributed by atoms with Gasteiger partial charge in [0, 0.05) is 12.8 Å². The lowest BCUT2D eigenvalue weighted by atomic mass is 9.92. The Kier molecular flexibility index (Phi) is 9.13. The first-order chi connectivity index (χ1) is 23.5. The zero-order valence-corrected chi connectivity index (χ0v) is 24.9. The molecule has 4 aromatic heterocycles. The molecule has 248 valence electrons. The van der Waals surface area contributed by atoms with Gasteiger partial charge in [-0.05, 0) is 12.3 Å². The van der Waals surface area contributed by atoms with Gasteiger partial charge in [-0.2, -0.15) is 30.1 Å². The van der Waals surface area contributed by atoms with Gasteiger partial charge in [-0.3, -0.25) is 45.3 Å². The van der Waals surface area contributed by atoms with Crippen molar-refractivity contribution in [1.82, 2.24) is 39.5 Å². The molecule has 0 aliphatic heterocycles. The Morgan fingerprint density at radius 1 is 0.918 bits per heavy atom. The van der Waals surface area contributed by atoms with Crippen LogP contribution in [0, 0.1) is 39.4 Å². The topological polar surface area (TPSA) is 377 Å². The number of nitrogens with two attached hydrogens (primary N) is 2. The molecule has 1 aliphatic rings. The number of hydrogen-bond donors (Lipinski definition) is 9. The number of amides is 2. The standard InChI is InChI=1S/C25H24N20O4/c26-7-12-9-32-44(24(28)29)20(12)39-36-16-18(38-41-22(16)48)34-14(46)4-5-43-23(49)17(19(42-43)35-15(47)6-11-2-1-3-11)37-40-21-13(8-27)10-33-45(21)25(30)31/h1-2,9-11,42H,3-6H2,(H3,28,29)(H3,30,31)(H,35,47)(H3,34,38,41,46,48). The first kappa shape index (κ1) is 32.6. The summed E-state index contributed by atoms with van der Waals surface area (Å²) in [6.07, 6.45) is 6.48. The van der Waals surface area contributed by atoms with Crippen molar-refractivity contribution in [3.8, 4) is 12.1 Å². The minimum absolute atomic E-state index is 0.0275. The van der Waals surface area contributed by atoms with E-state index in [1.54, 1.807) is 6.07 Å². The summed E-state index contributed by atoms with van der Waals surface area (Å²) in [6.45, 7) is -0.280. The lowest BCUT2D eigenvalue weighted by molar-refractivity contribution is -0.117. The molecule has 49 heavy (non-hydrogen) atoms. The van der Waals surface area contributed by atoms with E-state index >= 15 is 0 Å². The molecule has 24 nitrogen and oxygen atoms in total. The van der Waals surface area contributed by atoms with Crippen LogP contribution in [0.3, 0.4) is 0 Å². The van der Waals surface area contributed by atoms with Gasteiger partial charge in [0.05, 0.1) is 18.9 Å². The summed E-state index contributed by atoms with van der Waals surface area (Å²) in [7, 11) is 0. The van der Waals surface area contributed by atoms with Crippen LogP contribution in [-0.4, -0.2) is 63.3 Å². The number of H-pyrrole nitrogens is 3. The van der Waals surface area contributed by atoms with Crippen LogP contribution in [0.25, 0.3) is 0 Å². The van der Waals surface area contributed by atoms with E-state index in [1.165, 1.54) is 0 Å². The monoisotopic (exact) mass is 668 g/mol. The van der Waals surface area contributed by atoms with Crippen molar-refractivity contribution in [3.05, 3.63) is 56.4 Å². The number of aryl methyl sites for hydroxylation is 1. The van der Waals surface area contributed by atoms with Crippen molar-refractivity contribution in [3.63, 3.8) is 0 Å². The summed E-state index contributed by atoms with van der Waals surface area (Å²) >= 11 is 0. The molecule has 24 heteroatoms. The minimum Gasteiger partial charge on any atom is -0.368 e. The average Bonchev–Trinajstić information content (AvgIpc) is 3.81. The molecule has 0 spiro atoms. The second-order valence-corrected chi connectivity index (χ2v) is 10.1. The molecular formula is C25H24N20O4. The number of carbonyl (C=O) groups excluding carboxylic acids is 2. The van der Waals surface area contributed by atoms with Gasteiger partial charge in [0.25, 0.3) is 11.1 Å². The third-order valence-electron chi connectivity index (χ3n) is 6.74. The number of anilines is 2. The maximum atomic E-state index is 13.3. The second-order valence-electron chi connectivity index (χ2n) is 10.1. The Bertz CT molecular complexity index is 2270. The number of nitriles is 2. The number of rotatable bonds is 11. The number of carbonyl (C=O) groups is 2. The highest BCUT2D eigenvalue weighted by molar-refractivity contribution is 5.93. The molecule has 0 fully saturated rings. The summed E-state index contributed by atoms with van der Waals surface area (Å²) in [4.78, 5) is 51.3. The van der Waals surface area contributed by atoms with Gasteiger partial charge in [-0.15, -0.1) is 20.5 Å². The summed E-state index contributed by atoms with van der Waals surface area (Å²) in [6, 6.07) is 3.63. The molecule has 1 aliphatic carbocycles. The van der Waals surface area contributed by atoms with Gasteiger partial charge in [0.2, 0.25) is 23.7 Å². The van der Waals surface area contributed by atoms with E-state index in [2.05, 4.69) is 56.6 Å². The lowest BCUT2D eigenvalue weighted by Crippen LogP contribution is -2.21. The summed E-state index contributed by atoms with van der Waals surface area (Å²) in [5, 5.41) is 69.1. The van der Waals surface area contributed by atoms with E-state index in [-0.39, 0.29) is 71.1 Å². The first-order valence-corrected chi connectivity index (χ1v) is 13.9. The lowest BCUT2D eigenvalue weighted by Gasteiger charge is -2.16. The van der Waals surface area contributed by atoms with Crippen LogP contribution < -0.4 is 33.2 Å². The zero-order valence-electron chi connectivity index (χ0n) is 24.9. The third kappa shape index (κ3) is 6.92. The molecule has 0 saturated heterocycles. The highest BCUT2D eigenvalue weighted by Crippen LogP contribution is 2.27. The van der Waals surface area contributed by atoms with E-state index in [4.69, 9.17) is 22.3 Å². The maximum absolute atomic E-state index is 13.3. The largest absolute Gasteiger partial charge is 0.368 e. The minimum atomic E-state index is -0.803. The SMILES string of the molecule is N#Cc1cnn(C(=N)N)c1N=Nc1c(NC(=O)CCn2[nH]c(NC(=O)CC3C=CC3)c(N=Nc3c(C#N)cnn3C(=N)N)c2=O)[nH][nH]c1=O. The van der Waals surface area contributed by atoms with Crippen LogP contribution in [0.1, 0.15) is 30.4 Å². The predicted octanol–water partition coefficient (Wildman–Crippen LogP) is 0.577. The van der Waals surface area contributed by atoms with E-state index in [0.29, 0.717) is 0 Å². The van der Waals surface area contributed by atoms with E-state index in [1.807, 2.05) is 18.2 Å². The van der Waals surface area contributed by atoms with Crippen molar-refractivity contribution in [2.24, 2.45) is 37.8 Å². The van der Waals surface area contributed by atoms with Crippen molar-refractivity contribution in [2.45, 2.75) is 25.8 Å². The smallest absolute Gasteiger partial charge is 0.296 e. The Hall–Kier alpha value is -7.76. The van der Waals surface area contributed by atoms with Gasteiger partial charge in [-0.25, -0.2) is 4.68 Å². The summed E-state index contributed by atoms with van der Waals surface area (Å²) in [5.41, 5.74) is 8.39. The molecule has 0 radical (unpaired) electrons.